The molecule has 1 heterocycles. The summed E-state index contributed by atoms with van der Waals surface area (Å²) in [5, 5.41) is 3.91. The van der Waals surface area contributed by atoms with E-state index >= 15 is 0 Å². The fourth-order valence-corrected chi connectivity index (χ4v) is 5.84. The molecule has 4 fully saturated rings. The van der Waals surface area contributed by atoms with E-state index in [1.807, 2.05) is 31.3 Å². The Morgan fingerprint density at radius 3 is 2.31 bits per heavy atom. The second kappa shape index (κ2) is 7.18. The SMILES string of the molecule is C=C(CN(C)c1ncc(CNC23CC4CC(CC(C4)C2)C3)cn1)OCC. The van der Waals surface area contributed by atoms with Crippen molar-refractivity contribution in [2.75, 3.05) is 25.1 Å². The van der Waals surface area contributed by atoms with Gasteiger partial charge in [0.15, 0.2) is 0 Å². The zero-order valence-electron chi connectivity index (χ0n) is 16.2. The van der Waals surface area contributed by atoms with Crippen LogP contribution in [0.3, 0.4) is 0 Å². The molecule has 142 valence electrons. The van der Waals surface area contributed by atoms with Gasteiger partial charge in [-0.15, -0.1) is 0 Å². The maximum Gasteiger partial charge on any atom is 0.225 e. The van der Waals surface area contributed by atoms with Crippen molar-refractivity contribution in [1.82, 2.24) is 15.3 Å². The van der Waals surface area contributed by atoms with Crippen molar-refractivity contribution >= 4 is 5.95 Å². The quantitative estimate of drug-likeness (QED) is 0.722. The van der Waals surface area contributed by atoms with Gasteiger partial charge in [-0.25, -0.2) is 9.97 Å². The highest BCUT2D eigenvalue weighted by Gasteiger charge is 2.50. The van der Waals surface area contributed by atoms with Gasteiger partial charge in [-0.1, -0.05) is 6.58 Å². The molecule has 5 nitrogen and oxygen atoms in total. The van der Waals surface area contributed by atoms with Gasteiger partial charge in [-0.2, -0.15) is 0 Å². The Hall–Kier alpha value is -1.62. The summed E-state index contributed by atoms with van der Waals surface area (Å²) in [6.07, 6.45) is 12.5. The van der Waals surface area contributed by atoms with E-state index in [1.54, 1.807) is 0 Å². The molecule has 1 N–H and O–H groups in total. The minimum Gasteiger partial charge on any atom is -0.497 e. The highest BCUT2D eigenvalue weighted by Crippen LogP contribution is 2.55. The third kappa shape index (κ3) is 3.73. The Balaban J connectivity index is 1.33. The predicted molar refractivity (Wildman–Crippen MR) is 104 cm³/mol. The van der Waals surface area contributed by atoms with Gasteiger partial charge in [0.25, 0.3) is 0 Å². The number of aromatic nitrogens is 2. The smallest absolute Gasteiger partial charge is 0.225 e. The van der Waals surface area contributed by atoms with Crippen molar-refractivity contribution in [2.45, 2.75) is 57.5 Å². The van der Waals surface area contributed by atoms with Gasteiger partial charge in [0.2, 0.25) is 5.95 Å². The molecule has 4 aliphatic rings. The average Bonchev–Trinajstić information content (AvgIpc) is 2.59. The Morgan fingerprint density at radius 2 is 1.77 bits per heavy atom. The minimum atomic E-state index is 0.388. The molecule has 0 saturated heterocycles. The third-order valence-corrected chi connectivity index (χ3v) is 6.50. The summed E-state index contributed by atoms with van der Waals surface area (Å²) in [5.74, 6) is 4.37. The van der Waals surface area contributed by atoms with Crippen LogP contribution in [0.1, 0.15) is 51.0 Å². The Kier molecular flexibility index (Phi) is 4.91. The normalized spacial score (nSPS) is 31.8. The van der Waals surface area contributed by atoms with Crippen molar-refractivity contribution in [3.05, 3.63) is 30.3 Å². The number of nitrogens with zero attached hydrogens (tertiary/aromatic N) is 3. The number of anilines is 1. The second-order valence-corrected chi connectivity index (χ2v) is 8.77. The standard InChI is InChI=1S/C21H32N4O/c1-4-26-15(2)14-25(3)20-22-11-19(12-23-20)13-24-21-8-16-5-17(9-21)7-18(6-16)10-21/h11-12,16-18,24H,2,4-10,13-14H2,1,3H3. The summed E-state index contributed by atoms with van der Waals surface area (Å²) in [4.78, 5) is 11.0. The van der Waals surface area contributed by atoms with E-state index in [-0.39, 0.29) is 0 Å². The lowest BCUT2D eigenvalue weighted by atomic mass is 9.53. The van der Waals surface area contributed by atoms with E-state index in [4.69, 9.17) is 4.74 Å². The Bertz CT molecular complexity index is 607. The first-order valence-corrected chi connectivity index (χ1v) is 10.1. The zero-order chi connectivity index (χ0) is 18.1. The molecule has 26 heavy (non-hydrogen) atoms. The maximum absolute atomic E-state index is 5.41. The number of hydrogen-bond donors (Lipinski definition) is 1. The van der Waals surface area contributed by atoms with E-state index < -0.39 is 0 Å². The fourth-order valence-electron chi connectivity index (χ4n) is 5.84. The van der Waals surface area contributed by atoms with Crippen molar-refractivity contribution in [1.29, 1.82) is 0 Å². The van der Waals surface area contributed by atoms with Crippen LogP contribution in [0.15, 0.2) is 24.7 Å². The summed E-state index contributed by atoms with van der Waals surface area (Å²) in [6.45, 7) is 8.01. The van der Waals surface area contributed by atoms with E-state index in [0.717, 1.165) is 30.1 Å². The van der Waals surface area contributed by atoms with E-state index in [2.05, 4.69) is 21.9 Å². The lowest BCUT2D eigenvalue weighted by Gasteiger charge is -2.57. The van der Waals surface area contributed by atoms with Crippen LogP contribution in [0, 0.1) is 17.8 Å². The monoisotopic (exact) mass is 356 g/mol. The summed E-state index contributed by atoms with van der Waals surface area (Å²) >= 11 is 0. The molecule has 0 unspecified atom stereocenters. The minimum absolute atomic E-state index is 0.388. The molecule has 5 rings (SSSR count). The van der Waals surface area contributed by atoms with Crippen molar-refractivity contribution in [3.8, 4) is 0 Å². The molecule has 1 aromatic heterocycles. The molecule has 0 spiro atoms. The number of ether oxygens (including phenoxy) is 1. The second-order valence-electron chi connectivity index (χ2n) is 8.77. The molecule has 4 aliphatic carbocycles. The zero-order valence-corrected chi connectivity index (χ0v) is 16.2. The maximum atomic E-state index is 5.41. The van der Waals surface area contributed by atoms with Crippen LogP contribution in [-0.4, -0.2) is 35.7 Å². The first-order chi connectivity index (χ1) is 12.5. The predicted octanol–water partition coefficient (Wildman–Crippen LogP) is 3.52. The van der Waals surface area contributed by atoms with Crippen LogP contribution in [-0.2, 0) is 11.3 Å². The molecule has 1 aromatic rings. The average molecular weight is 357 g/mol. The van der Waals surface area contributed by atoms with Crippen LogP contribution in [0.5, 0.6) is 0 Å². The first-order valence-electron chi connectivity index (χ1n) is 10.1. The van der Waals surface area contributed by atoms with E-state index in [1.165, 1.54) is 44.1 Å². The van der Waals surface area contributed by atoms with Crippen molar-refractivity contribution in [2.24, 2.45) is 17.8 Å². The van der Waals surface area contributed by atoms with Crippen LogP contribution in [0.4, 0.5) is 5.95 Å². The third-order valence-electron chi connectivity index (χ3n) is 6.50. The summed E-state index contributed by atoms with van der Waals surface area (Å²) in [7, 11) is 1.97. The highest BCUT2D eigenvalue weighted by atomic mass is 16.5. The molecule has 0 radical (unpaired) electrons. The van der Waals surface area contributed by atoms with Gasteiger partial charge in [-0.3, -0.25) is 0 Å². The van der Waals surface area contributed by atoms with Crippen LogP contribution < -0.4 is 10.2 Å². The van der Waals surface area contributed by atoms with Crippen molar-refractivity contribution < 1.29 is 4.74 Å². The topological polar surface area (TPSA) is 50.3 Å². The molecule has 0 aromatic carbocycles. The molecular weight excluding hydrogens is 324 g/mol. The highest BCUT2D eigenvalue weighted by molar-refractivity contribution is 5.30. The molecule has 0 atom stereocenters. The number of nitrogens with one attached hydrogen (secondary N) is 1. The van der Waals surface area contributed by atoms with Crippen LogP contribution >= 0.6 is 0 Å². The molecule has 5 heteroatoms. The number of rotatable bonds is 8. The van der Waals surface area contributed by atoms with Gasteiger partial charge in [0, 0.05) is 37.1 Å². The summed E-state index contributed by atoms with van der Waals surface area (Å²) in [5.41, 5.74) is 1.56. The molecule has 0 amide bonds. The van der Waals surface area contributed by atoms with E-state index in [9.17, 15) is 0 Å². The largest absolute Gasteiger partial charge is 0.497 e. The lowest BCUT2D eigenvalue weighted by molar-refractivity contribution is -0.0206. The first kappa shape index (κ1) is 17.8. The summed E-state index contributed by atoms with van der Waals surface area (Å²) < 4.78 is 5.41. The van der Waals surface area contributed by atoms with Gasteiger partial charge >= 0.3 is 0 Å². The summed E-state index contributed by atoms with van der Waals surface area (Å²) in [6, 6.07) is 0. The van der Waals surface area contributed by atoms with Gasteiger partial charge in [0.1, 0.15) is 5.76 Å². The number of likely N-dealkylation sites (N-methyl/N-ethyl adjacent to an activating group) is 1. The number of hydrogen-bond acceptors (Lipinski definition) is 5. The van der Waals surface area contributed by atoms with Crippen molar-refractivity contribution in [3.63, 3.8) is 0 Å². The molecular formula is C21H32N4O. The molecule has 0 aliphatic heterocycles. The van der Waals surface area contributed by atoms with Gasteiger partial charge in [0.05, 0.1) is 13.2 Å². The van der Waals surface area contributed by atoms with Crippen LogP contribution in [0.2, 0.25) is 0 Å². The Morgan fingerprint density at radius 1 is 1.19 bits per heavy atom. The van der Waals surface area contributed by atoms with Gasteiger partial charge < -0.3 is 15.0 Å². The van der Waals surface area contributed by atoms with Crippen LogP contribution in [0.25, 0.3) is 0 Å². The lowest BCUT2D eigenvalue weighted by Crippen LogP contribution is -2.58. The Labute approximate surface area is 157 Å². The van der Waals surface area contributed by atoms with Gasteiger partial charge in [-0.05, 0) is 63.2 Å². The molecule has 4 saturated carbocycles. The fraction of sp³-hybridized carbons (Fsp3) is 0.714. The van der Waals surface area contributed by atoms with E-state index in [0.29, 0.717) is 24.6 Å². The molecule has 4 bridgehead atoms.